The highest BCUT2D eigenvalue weighted by Gasteiger charge is 2.30. The Morgan fingerprint density at radius 1 is 1.43 bits per heavy atom. The van der Waals surface area contributed by atoms with E-state index in [-0.39, 0.29) is 11.3 Å². The van der Waals surface area contributed by atoms with Gasteiger partial charge in [0.15, 0.2) is 0 Å². The summed E-state index contributed by atoms with van der Waals surface area (Å²) in [7, 11) is 0. The standard InChI is InChI=1S/C20H22F3N5OS/c1-12(30-13(2)24)14-6-7-28-17(10-25-18(28)9-14)15-4-3-5-16(8-15)27-19(29)26-11-20(21,22)23/h3-9,12,17,24H,10-11H2,1-2H3,(H2,26,27,29). The first-order chi connectivity index (χ1) is 14.1. The maximum absolute atomic E-state index is 12.2. The number of hydrogen-bond acceptors (Lipinski definition) is 5. The van der Waals surface area contributed by atoms with Crippen molar-refractivity contribution in [1.82, 2.24) is 10.2 Å². The molecule has 2 unspecified atom stereocenters. The molecule has 30 heavy (non-hydrogen) atoms. The minimum atomic E-state index is -4.46. The lowest BCUT2D eigenvalue weighted by atomic mass is 10.0. The van der Waals surface area contributed by atoms with Crippen LogP contribution in [0.15, 0.2) is 53.2 Å². The van der Waals surface area contributed by atoms with Gasteiger partial charge in [0.05, 0.1) is 17.6 Å². The summed E-state index contributed by atoms with van der Waals surface area (Å²) in [4.78, 5) is 18.3. The number of amidine groups is 1. The zero-order chi connectivity index (χ0) is 21.9. The van der Waals surface area contributed by atoms with Gasteiger partial charge in [-0.3, -0.25) is 10.4 Å². The van der Waals surface area contributed by atoms with Crippen LogP contribution in [-0.2, 0) is 0 Å². The number of aliphatic imine (C=N–C) groups is 1. The van der Waals surface area contributed by atoms with Crippen molar-refractivity contribution >= 4 is 34.4 Å². The number of allylic oxidation sites excluding steroid dienone is 1. The molecule has 2 aliphatic heterocycles. The van der Waals surface area contributed by atoms with E-state index in [2.05, 4.69) is 10.3 Å². The second-order valence-corrected chi connectivity index (χ2v) is 8.50. The van der Waals surface area contributed by atoms with Crippen LogP contribution in [0.4, 0.5) is 23.7 Å². The van der Waals surface area contributed by atoms with E-state index in [1.807, 2.05) is 36.2 Å². The highest BCUT2D eigenvalue weighted by molar-refractivity contribution is 8.14. The Morgan fingerprint density at radius 2 is 2.20 bits per heavy atom. The molecule has 3 N–H and O–H groups in total. The van der Waals surface area contributed by atoms with Gasteiger partial charge in [-0.05, 0) is 49.3 Å². The normalized spacial score (nSPS) is 19.0. The van der Waals surface area contributed by atoms with Crippen molar-refractivity contribution in [3.63, 3.8) is 0 Å². The number of rotatable bonds is 5. The van der Waals surface area contributed by atoms with Crippen LogP contribution in [-0.4, -0.2) is 46.3 Å². The number of urea groups is 1. The molecule has 6 nitrogen and oxygen atoms in total. The lowest BCUT2D eigenvalue weighted by Gasteiger charge is -2.27. The number of carbonyl (C=O) groups excluding carboxylic acids is 1. The lowest BCUT2D eigenvalue weighted by molar-refractivity contribution is -0.122. The quantitative estimate of drug-likeness (QED) is 0.462. The van der Waals surface area contributed by atoms with Crippen LogP contribution in [0.5, 0.6) is 0 Å². The molecule has 3 rings (SSSR count). The van der Waals surface area contributed by atoms with Crippen molar-refractivity contribution in [2.24, 2.45) is 4.99 Å². The van der Waals surface area contributed by atoms with E-state index in [0.29, 0.717) is 17.3 Å². The van der Waals surface area contributed by atoms with E-state index >= 15 is 0 Å². The third-order valence-electron chi connectivity index (χ3n) is 4.55. The summed E-state index contributed by atoms with van der Waals surface area (Å²) in [6, 6.07) is 6.02. The van der Waals surface area contributed by atoms with E-state index in [1.54, 1.807) is 30.4 Å². The molecule has 2 heterocycles. The molecule has 1 aromatic carbocycles. The fourth-order valence-electron chi connectivity index (χ4n) is 3.20. The molecular formula is C20H22F3N5OS. The zero-order valence-corrected chi connectivity index (χ0v) is 17.3. The number of thioether (sulfide) groups is 1. The smallest absolute Gasteiger partial charge is 0.329 e. The minimum absolute atomic E-state index is 0.0681. The second kappa shape index (κ2) is 8.95. The minimum Gasteiger partial charge on any atom is -0.329 e. The molecule has 0 spiro atoms. The molecule has 0 saturated carbocycles. The van der Waals surface area contributed by atoms with Gasteiger partial charge in [-0.2, -0.15) is 13.2 Å². The molecule has 0 aliphatic carbocycles. The van der Waals surface area contributed by atoms with E-state index in [4.69, 9.17) is 5.41 Å². The number of hydrogen-bond donors (Lipinski definition) is 3. The maximum atomic E-state index is 12.2. The first-order valence-electron chi connectivity index (χ1n) is 9.28. The molecule has 2 atom stereocenters. The van der Waals surface area contributed by atoms with E-state index < -0.39 is 18.8 Å². The fraction of sp³-hybridized carbons (Fsp3) is 0.350. The SMILES string of the molecule is CC(=N)SC(C)C1=CC2=NCC(c3cccc(NC(=O)NCC(F)(F)F)c3)N2C=C1. The monoisotopic (exact) mass is 437 g/mol. The molecule has 1 aromatic rings. The summed E-state index contributed by atoms with van der Waals surface area (Å²) in [6.45, 7) is 2.94. The van der Waals surface area contributed by atoms with Gasteiger partial charge in [-0.15, -0.1) is 11.8 Å². The van der Waals surface area contributed by atoms with Gasteiger partial charge in [-0.1, -0.05) is 12.1 Å². The summed E-state index contributed by atoms with van der Waals surface area (Å²) in [6.07, 6.45) is 1.51. The molecular weight excluding hydrogens is 415 g/mol. The van der Waals surface area contributed by atoms with Crippen LogP contribution in [0.3, 0.4) is 0 Å². The van der Waals surface area contributed by atoms with Gasteiger partial charge < -0.3 is 15.5 Å². The number of halogens is 3. The van der Waals surface area contributed by atoms with Crippen molar-refractivity contribution < 1.29 is 18.0 Å². The predicted molar refractivity (Wildman–Crippen MR) is 114 cm³/mol. The second-order valence-electron chi connectivity index (χ2n) is 6.95. The van der Waals surface area contributed by atoms with Crippen LogP contribution in [0.1, 0.15) is 25.5 Å². The number of alkyl halides is 3. The Hall–Kier alpha value is -2.75. The third-order valence-corrected chi connectivity index (χ3v) is 5.53. The highest BCUT2D eigenvalue weighted by Crippen LogP contribution is 2.33. The molecule has 2 aliphatic rings. The van der Waals surface area contributed by atoms with Crippen LogP contribution < -0.4 is 10.6 Å². The average Bonchev–Trinajstić information content (AvgIpc) is 3.09. The van der Waals surface area contributed by atoms with Crippen molar-refractivity contribution in [3.8, 4) is 0 Å². The number of anilines is 1. The van der Waals surface area contributed by atoms with Crippen molar-refractivity contribution in [2.75, 3.05) is 18.4 Å². The predicted octanol–water partition coefficient (Wildman–Crippen LogP) is 4.70. The topological polar surface area (TPSA) is 80.6 Å². The Labute approximate surface area is 176 Å². The van der Waals surface area contributed by atoms with E-state index in [0.717, 1.165) is 17.0 Å². The van der Waals surface area contributed by atoms with Gasteiger partial charge >= 0.3 is 12.2 Å². The van der Waals surface area contributed by atoms with E-state index in [9.17, 15) is 18.0 Å². The Morgan fingerprint density at radius 3 is 2.90 bits per heavy atom. The zero-order valence-electron chi connectivity index (χ0n) is 16.5. The summed E-state index contributed by atoms with van der Waals surface area (Å²) >= 11 is 1.48. The molecule has 0 radical (unpaired) electrons. The molecule has 0 saturated heterocycles. The fourth-order valence-corrected chi connectivity index (χ4v) is 4.02. The molecule has 2 amide bonds. The van der Waals surface area contributed by atoms with Crippen molar-refractivity contribution in [2.45, 2.75) is 31.3 Å². The van der Waals surface area contributed by atoms with Crippen LogP contribution in [0, 0.1) is 5.41 Å². The summed E-state index contributed by atoms with van der Waals surface area (Å²) < 4.78 is 36.7. The first-order valence-corrected chi connectivity index (χ1v) is 10.2. The largest absolute Gasteiger partial charge is 0.405 e. The number of carbonyl (C=O) groups is 1. The van der Waals surface area contributed by atoms with Gasteiger partial charge in [0.1, 0.15) is 12.4 Å². The average molecular weight is 437 g/mol. The third kappa shape index (κ3) is 5.65. The van der Waals surface area contributed by atoms with Crippen molar-refractivity contribution in [3.05, 3.63) is 53.8 Å². The maximum Gasteiger partial charge on any atom is 0.405 e. The van der Waals surface area contributed by atoms with Crippen LogP contribution in [0.25, 0.3) is 0 Å². The van der Waals surface area contributed by atoms with Gasteiger partial charge in [-0.25, -0.2) is 4.79 Å². The van der Waals surface area contributed by atoms with E-state index in [1.165, 1.54) is 11.8 Å². The summed E-state index contributed by atoms with van der Waals surface area (Å²) in [5.74, 6) is 0.828. The number of nitrogens with zero attached hydrogens (tertiary/aromatic N) is 2. The molecule has 0 bridgehead atoms. The van der Waals surface area contributed by atoms with Gasteiger partial charge in [0.25, 0.3) is 0 Å². The van der Waals surface area contributed by atoms with Crippen LogP contribution in [0.2, 0.25) is 0 Å². The Balaban J connectivity index is 1.66. The molecule has 160 valence electrons. The number of fused-ring (bicyclic) bond motifs is 1. The number of amides is 2. The lowest BCUT2D eigenvalue weighted by Crippen LogP contribution is -2.36. The molecule has 10 heteroatoms. The first kappa shape index (κ1) is 21.9. The van der Waals surface area contributed by atoms with Gasteiger partial charge in [0.2, 0.25) is 0 Å². The Bertz CT molecular complexity index is 925. The molecule has 0 aromatic heterocycles. The number of nitrogens with one attached hydrogen (secondary N) is 3. The van der Waals surface area contributed by atoms with Crippen LogP contribution >= 0.6 is 11.8 Å². The highest BCUT2D eigenvalue weighted by atomic mass is 32.2. The Kier molecular flexibility index (Phi) is 6.55. The van der Waals surface area contributed by atoms with Gasteiger partial charge in [0, 0.05) is 17.1 Å². The number of benzene rings is 1. The summed E-state index contributed by atoms with van der Waals surface area (Å²) in [5.41, 5.74) is 2.38. The summed E-state index contributed by atoms with van der Waals surface area (Å²) in [5, 5.41) is 12.6. The molecule has 0 fully saturated rings. The van der Waals surface area contributed by atoms with Crippen molar-refractivity contribution in [1.29, 1.82) is 5.41 Å².